The molecule has 138 valence electrons. The smallest absolute Gasteiger partial charge is 0.340 e. The lowest BCUT2D eigenvalue weighted by Crippen LogP contribution is -2.17. The molecule has 3 rings (SSSR count). The number of carbonyl (C=O) groups excluding carboxylic acids is 2. The van der Waals surface area contributed by atoms with Crippen molar-refractivity contribution in [2.45, 2.75) is 6.92 Å². The summed E-state index contributed by atoms with van der Waals surface area (Å²) in [5.41, 5.74) is 2.14. The van der Waals surface area contributed by atoms with E-state index in [9.17, 15) is 9.59 Å². The number of rotatable bonds is 5. The maximum atomic E-state index is 12.3. The van der Waals surface area contributed by atoms with Gasteiger partial charge in [0.05, 0.1) is 35.6 Å². The number of thioether (sulfide) groups is 1. The average molecular weight is 400 g/mol. The summed E-state index contributed by atoms with van der Waals surface area (Å²) >= 11 is 6.14. The Balaban J connectivity index is 2.05. The highest BCUT2D eigenvalue weighted by Crippen LogP contribution is 2.28. The van der Waals surface area contributed by atoms with E-state index in [0.717, 1.165) is 23.1 Å². The fourth-order valence-corrected chi connectivity index (χ4v) is 3.45. The molecule has 0 unspecified atom stereocenters. The van der Waals surface area contributed by atoms with Gasteiger partial charge in [0.15, 0.2) is 0 Å². The molecule has 0 atom stereocenters. The fourth-order valence-electron chi connectivity index (χ4n) is 2.43. The van der Waals surface area contributed by atoms with Gasteiger partial charge in [0, 0.05) is 5.56 Å². The highest BCUT2D eigenvalue weighted by molar-refractivity contribution is 8.26. The molecule has 1 amide bonds. The topological polar surface area (TPSA) is 77.5 Å². The summed E-state index contributed by atoms with van der Waals surface area (Å²) in [5.74, 6) is -0.0719. The predicted octanol–water partition coefficient (Wildman–Crippen LogP) is 3.42. The van der Waals surface area contributed by atoms with Crippen molar-refractivity contribution in [1.82, 2.24) is 10.3 Å². The Morgan fingerprint density at radius 3 is 2.59 bits per heavy atom. The molecule has 0 radical (unpaired) electrons. The third-order valence-electron chi connectivity index (χ3n) is 3.72. The van der Waals surface area contributed by atoms with Crippen LogP contribution in [-0.2, 0) is 9.53 Å². The van der Waals surface area contributed by atoms with Gasteiger partial charge in [-0.1, -0.05) is 24.0 Å². The van der Waals surface area contributed by atoms with Crippen LogP contribution in [0.2, 0.25) is 0 Å². The van der Waals surface area contributed by atoms with Crippen LogP contribution in [0.25, 0.3) is 17.3 Å². The van der Waals surface area contributed by atoms with Crippen LogP contribution in [0.3, 0.4) is 0 Å². The first-order chi connectivity index (χ1) is 13.0. The number of aromatic nitrogens is 1. The third kappa shape index (κ3) is 4.35. The summed E-state index contributed by atoms with van der Waals surface area (Å²) < 4.78 is 10.6. The predicted molar refractivity (Wildman–Crippen MR) is 108 cm³/mol. The van der Waals surface area contributed by atoms with Gasteiger partial charge in [-0.2, -0.15) is 0 Å². The Kier molecular flexibility index (Phi) is 5.88. The van der Waals surface area contributed by atoms with Crippen LogP contribution in [0.5, 0.6) is 5.75 Å². The molecule has 6 nitrogen and oxygen atoms in total. The second-order valence-electron chi connectivity index (χ2n) is 5.43. The Hall–Kier alpha value is -2.71. The van der Waals surface area contributed by atoms with E-state index < -0.39 is 5.97 Å². The number of carbonyl (C=O) groups is 2. The Morgan fingerprint density at radius 1 is 1.26 bits per heavy atom. The summed E-state index contributed by atoms with van der Waals surface area (Å²) in [7, 11) is 1.60. The lowest BCUT2D eigenvalue weighted by Gasteiger charge is -2.09. The second-order valence-corrected chi connectivity index (χ2v) is 7.15. The minimum absolute atomic E-state index is 0.244. The van der Waals surface area contributed by atoms with Gasteiger partial charge < -0.3 is 14.8 Å². The Morgan fingerprint density at radius 2 is 2.00 bits per heavy atom. The SMILES string of the molecule is CCOC(=O)c1ccc(-c2ccc(OC)cc2)nc1/C=C1\SC(=S)NC1=O. The number of ether oxygens (including phenoxy) is 2. The third-order valence-corrected chi connectivity index (χ3v) is 4.88. The summed E-state index contributed by atoms with van der Waals surface area (Å²) in [4.78, 5) is 29.2. The van der Waals surface area contributed by atoms with E-state index in [0.29, 0.717) is 20.6 Å². The van der Waals surface area contributed by atoms with E-state index >= 15 is 0 Å². The van der Waals surface area contributed by atoms with Crippen LogP contribution < -0.4 is 10.1 Å². The zero-order chi connectivity index (χ0) is 19.4. The minimum atomic E-state index is -0.496. The largest absolute Gasteiger partial charge is 0.497 e. The number of pyridine rings is 1. The van der Waals surface area contributed by atoms with E-state index in [4.69, 9.17) is 21.7 Å². The van der Waals surface area contributed by atoms with Gasteiger partial charge in [-0.05, 0) is 49.4 Å². The number of nitrogens with one attached hydrogen (secondary N) is 1. The first kappa shape index (κ1) is 19.1. The molecule has 1 aliphatic rings. The maximum absolute atomic E-state index is 12.3. The monoisotopic (exact) mass is 400 g/mol. The van der Waals surface area contributed by atoms with Crippen LogP contribution in [0.4, 0.5) is 0 Å². The molecule has 1 aromatic carbocycles. The molecule has 8 heteroatoms. The van der Waals surface area contributed by atoms with Gasteiger partial charge >= 0.3 is 5.97 Å². The lowest BCUT2D eigenvalue weighted by molar-refractivity contribution is -0.115. The standard InChI is InChI=1S/C19H16N2O4S2/c1-3-25-18(23)13-8-9-14(11-4-6-12(24-2)7-5-11)20-15(13)10-16-17(22)21-19(26)27-16/h4-10H,3H2,1-2H3,(H,21,22,26)/b16-10-. The normalized spacial score (nSPS) is 15.0. The molecule has 2 aromatic rings. The van der Waals surface area contributed by atoms with Crippen molar-refractivity contribution in [3.8, 4) is 17.0 Å². The lowest BCUT2D eigenvalue weighted by atomic mass is 10.1. The van der Waals surface area contributed by atoms with Crippen LogP contribution in [-0.4, -0.2) is 34.9 Å². The molecule has 1 N–H and O–H groups in total. The van der Waals surface area contributed by atoms with Crippen molar-refractivity contribution in [3.05, 3.63) is 52.6 Å². The number of benzene rings is 1. The second kappa shape index (κ2) is 8.32. The molecule has 27 heavy (non-hydrogen) atoms. The molecule has 1 saturated heterocycles. The molecule has 2 heterocycles. The molecule has 0 saturated carbocycles. The number of hydrogen-bond donors (Lipinski definition) is 1. The van der Waals surface area contributed by atoms with E-state index in [1.807, 2.05) is 24.3 Å². The van der Waals surface area contributed by atoms with Crippen molar-refractivity contribution in [2.75, 3.05) is 13.7 Å². The van der Waals surface area contributed by atoms with Gasteiger partial charge in [0.25, 0.3) is 5.91 Å². The Labute approximate surface area is 166 Å². The number of hydrogen-bond acceptors (Lipinski definition) is 7. The zero-order valence-corrected chi connectivity index (χ0v) is 16.3. The molecule has 0 bridgehead atoms. The highest BCUT2D eigenvalue weighted by Gasteiger charge is 2.24. The number of thiocarbonyl (C=S) groups is 1. The number of amides is 1. The summed E-state index contributed by atoms with van der Waals surface area (Å²) in [6, 6.07) is 10.8. The molecule has 0 spiro atoms. The van der Waals surface area contributed by atoms with Crippen molar-refractivity contribution in [1.29, 1.82) is 0 Å². The first-order valence-electron chi connectivity index (χ1n) is 8.09. The maximum Gasteiger partial charge on any atom is 0.340 e. The summed E-state index contributed by atoms with van der Waals surface area (Å²) in [6.45, 7) is 1.97. The van der Waals surface area contributed by atoms with E-state index in [-0.39, 0.29) is 18.1 Å². The molecule has 0 aliphatic carbocycles. The molecular weight excluding hydrogens is 384 g/mol. The number of nitrogens with zero attached hydrogens (tertiary/aromatic N) is 1. The van der Waals surface area contributed by atoms with Crippen molar-refractivity contribution >= 4 is 46.3 Å². The van der Waals surface area contributed by atoms with Crippen LogP contribution >= 0.6 is 24.0 Å². The van der Waals surface area contributed by atoms with Gasteiger partial charge in [-0.3, -0.25) is 4.79 Å². The minimum Gasteiger partial charge on any atom is -0.497 e. The van der Waals surface area contributed by atoms with Crippen molar-refractivity contribution < 1.29 is 19.1 Å². The first-order valence-corrected chi connectivity index (χ1v) is 9.31. The number of methoxy groups -OCH3 is 1. The summed E-state index contributed by atoms with van der Waals surface area (Å²) in [6.07, 6.45) is 1.55. The molecule has 1 fully saturated rings. The van der Waals surface area contributed by atoms with Crippen LogP contribution in [0, 0.1) is 0 Å². The highest BCUT2D eigenvalue weighted by atomic mass is 32.2. The van der Waals surface area contributed by atoms with Crippen LogP contribution in [0.15, 0.2) is 41.3 Å². The van der Waals surface area contributed by atoms with Crippen LogP contribution in [0.1, 0.15) is 23.0 Å². The Bertz CT molecular complexity index is 939. The van der Waals surface area contributed by atoms with E-state index in [1.165, 1.54) is 0 Å². The average Bonchev–Trinajstić information content (AvgIpc) is 2.99. The van der Waals surface area contributed by atoms with Gasteiger partial charge in [-0.15, -0.1) is 0 Å². The van der Waals surface area contributed by atoms with Gasteiger partial charge in [0.2, 0.25) is 0 Å². The summed E-state index contributed by atoms with van der Waals surface area (Å²) in [5, 5.41) is 2.55. The quantitative estimate of drug-likeness (QED) is 0.468. The molecular formula is C19H16N2O4S2. The number of esters is 1. The van der Waals surface area contributed by atoms with Crippen molar-refractivity contribution in [2.24, 2.45) is 0 Å². The van der Waals surface area contributed by atoms with Gasteiger partial charge in [0.1, 0.15) is 10.1 Å². The molecule has 1 aliphatic heterocycles. The zero-order valence-electron chi connectivity index (χ0n) is 14.6. The fraction of sp³-hybridized carbons (Fsp3) is 0.158. The van der Waals surface area contributed by atoms with E-state index in [2.05, 4.69) is 10.3 Å². The van der Waals surface area contributed by atoms with E-state index in [1.54, 1.807) is 32.2 Å². The van der Waals surface area contributed by atoms with Crippen molar-refractivity contribution in [3.63, 3.8) is 0 Å². The van der Waals surface area contributed by atoms with Gasteiger partial charge in [-0.25, -0.2) is 9.78 Å². The molecule has 1 aromatic heterocycles.